The van der Waals surface area contributed by atoms with Crippen LogP contribution in [0.25, 0.3) is 0 Å². The smallest absolute Gasteiger partial charge is 0.269 e. The first-order chi connectivity index (χ1) is 13.9. The lowest BCUT2D eigenvalue weighted by Crippen LogP contribution is -2.44. The highest BCUT2D eigenvalue weighted by Gasteiger charge is 2.18. The lowest BCUT2D eigenvalue weighted by molar-refractivity contribution is -0.122. The summed E-state index contributed by atoms with van der Waals surface area (Å²) < 4.78 is 0. The fourth-order valence-corrected chi connectivity index (χ4v) is 2.85. The third kappa shape index (κ3) is 5.41. The zero-order chi connectivity index (χ0) is 20.8. The lowest BCUT2D eigenvalue weighted by atomic mass is 10.1. The van der Waals surface area contributed by atoms with Gasteiger partial charge in [0.1, 0.15) is 17.6 Å². The SMILES string of the molecule is Cc1nc(N)ccc1CNC(=O)[C@H](C)NC(=O)c1cc(Cc2ccccc2)n[nH]1. The van der Waals surface area contributed by atoms with Crippen LogP contribution in [0.2, 0.25) is 0 Å². The molecule has 2 aromatic heterocycles. The van der Waals surface area contributed by atoms with Crippen LogP contribution in [0.1, 0.15) is 39.9 Å². The minimum Gasteiger partial charge on any atom is -0.384 e. The van der Waals surface area contributed by atoms with Crippen molar-refractivity contribution in [2.45, 2.75) is 32.9 Å². The van der Waals surface area contributed by atoms with Crippen molar-refractivity contribution < 1.29 is 9.59 Å². The van der Waals surface area contributed by atoms with Crippen LogP contribution in [-0.2, 0) is 17.8 Å². The zero-order valence-corrected chi connectivity index (χ0v) is 16.4. The number of nitrogens with one attached hydrogen (secondary N) is 3. The van der Waals surface area contributed by atoms with Gasteiger partial charge >= 0.3 is 0 Å². The number of benzene rings is 1. The first-order valence-electron chi connectivity index (χ1n) is 9.31. The molecule has 0 bridgehead atoms. The van der Waals surface area contributed by atoms with Crippen molar-refractivity contribution >= 4 is 17.6 Å². The summed E-state index contributed by atoms with van der Waals surface area (Å²) in [6.45, 7) is 3.76. The molecule has 0 radical (unpaired) electrons. The van der Waals surface area contributed by atoms with E-state index in [4.69, 9.17) is 5.73 Å². The first-order valence-corrected chi connectivity index (χ1v) is 9.31. The number of rotatable bonds is 7. The highest BCUT2D eigenvalue weighted by Crippen LogP contribution is 2.09. The number of hydrogen-bond acceptors (Lipinski definition) is 5. The summed E-state index contributed by atoms with van der Waals surface area (Å²) in [5.74, 6) is -0.243. The maximum atomic E-state index is 12.4. The van der Waals surface area contributed by atoms with Gasteiger partial charge in [-0.15, -0.1) is 0 Å². The Labute approximate surface area is 168 Å². The topological polar surface area (TPSA) is 126 Å². The summed E-state index contributed by atoms with van der Waals surface area (Å²) in [6.07, 6.45) is 0.621. The van der Waals surface area contributed by atoms with Crippen LogP contribution in [-0.4, -0.2) is 33.0 Å². The second-order valence-corrected chi connectivity index (χ2v) is 6.83. The Kier molecular flexibility index (Phi) is 6.23. The Morgan fingerprint density at radius 2 is 1.93 bits per heavy atom. The minimum absolute atomic E-state index is 0.293. The molecule has 5 N–H and O–H groups in total. The van der Waals surface area contributed by atoms with Gasteiger partial charge in [-0.05, 0) is 37.1 Å². The third-order valence-electron chi connectivity index (χ3n) is 4.51. The lowest BCUT2D eigenvalue weighted by Gasteiger charge is -2.14. The number of carbonyl (C=O) groups excluding carboxylic acids is 2. The van der Waals surface area contributed by atoms with E-state index < -0.39 is 6.04 Å². The number of hydrogen-bond donors (Lipinski definition) is 4. The molecule has 0 spiro atoms. The highest BCUT2D eigenvalue weighted by molar-refractivity contribution is 5.96. The van der Waals surface area contributed by atoms with Crippen LogP contribution in [0.3, 0.4) is 0 Å². The van der Waals surface area contributed by atoms with Gasteiger partial charge in [-0.3, -0.25) is 14.7 Å². The molecule has 29 heavy (non-hydrogen) atoms. The molecule has 3 rings (SSSR count). The molecular weight excluding hydrogens is 368 g/mol. The van der Waals surface area contributed by atoms with Crippen molar-refractivity contribution in [2.24, 2.45) is 0 Å². The normalized spacial score (nSPS) is 11.7. The summed E-state index contributed by atoms with van der Waals surface area (Å²) in [5.41, 5.74) is 9.42. The number of aromatic nitrogens is 3. The van der Waals surface area contributed by atoms with Crippen LogP contribution in [0.5, 0.6) is 0 Å². The van der Waals surface area contributed by atoms with Crippen molar-refractivity contribution in [3.63, 3.8) is 0 Å². The van der Waals surface area contributed by atoms with E-state index in [1.165, 1.54) is 0 Å². The molecule has 1 atom stereocenters. The molecule has 8 heteroatoms. The Bertz CT molecular complexity index is 999. The van der Waals surface area contributed by atoms with Crippen LogP contribution in [0.4, 0.5) is 5.82 Å². The molecule has 0 aliphatic rings. The van der Waals surface area contributed by atoms with Crippen molar-refractivity contribution in [1.82, 2.24) is 25.8 Å². The summed E-state index contributed by atoms with van der Waals surface area (Å²) in [6, 6.07) is 14.4. The number of nitrogen functional groups attached to an aromatic ring is 1. The number of aryl methyl sites for hydroxylation is 1. The van der Waals surface area contributed by atoms with Gasteiger partial charge in [-0.2, -0.15) is 5.10 Å². The molecule has 0 fully saturated rings. The molecule has 1 aromatic carbocycles. The van der Waals surface area contributed by atoms with Crippen molar-refractivity contribution in [3.8, 4) is 0 Å². The number of carbonyl (C=O) groups is 2. The number of pyridine rings is 1. The molecule has 8 nitrogen and oxygen atoms in total. The Morgan fingerprint density at radius 1 is 1.17 bits per heavy atom. The van der Waals surface area contributed by atoms with Crippen LogP contribution in [0.15, 0.2) is 48.5 Å². The number of amides is 2. The molecule has 0 saturated heterocycles. The Balaban J connectivity index is 1.52. The van der Waals surface area contributed by atoms with Gasteiger partial charge in [0.2, 0.25) is 5.91 Å². The number of H-pyrrole nitrogens is 1. The van der Waals surface area contributed by atoms with E-state index in [1.807, 2.05) is 43.3 Å². The maximum absolute atomic E-state index is 12.4. The van der Waals surface area contributed by atoms with E-state index in [9.17, 15) is 9.59 Å². The van der Waals surface area contributed by atoms with Gasteiger partial charge in [-0.25, -0.2) is 4.98 Å². The fraction of sp³-hybridized carbons (Fsp3) is 0.238. The van der Waals surface area contributed by atoms with Gasteiger partial charge in [0.15, 0.2) is 0 Å². The average molecular weight is 392 g/mol. The van der Waals surface area contributed by atoms with Gasteiger partial charge < -0.3 is 16.4 Å². The average Bonchev–Trinajstić information content (AvgIpc) is 3.16. The van der Waals surface area contributed by atoms with E-state index in [2.05, 4.69) is 25.8 Å². The van der Waals surface area contributed by atoms with Gasteiger partial charge in [0.25, 0.3) is 5.91 Å². The van der Waals surface area contributed by atoms with E-state index in [1.54, 1.807) is 19.1 Å². The number of anilines is 1. The number of nitrogens with zero attached hydrogens (tertiary/aromatic N) is 2. The van der Waals surface area contributed by atoms with Crippen LogP contribution < -0.4 is 16.4 Å². The quantitative estimate of drug-likeness (QED) is 0.487. The summed E-state index contributed by atoms with van der Waals surface area (Å²) in [7, 11) is 0. The standard InChI is InChI=1S/C21H24N6O2/c1-13-16(8-9-19(22)24-13)12-23-20(28)14(2)25-21(29)18-11-17(26-27-18)10-15-6-4-3-5-7-15/h3-9,11,14H,10,12H2,1-2H3,(H2,22,24)(H,23,28)(H,25,29)(H,26,27)/t14-/m0/s1. The second kappa shape index (κ2) is 9.01. The van der Waals surface area contributed by atoms with Crippen molar-refractivity contribution in [3.05, 3.63) is 76.7 Å². The monoisotopic (exact) mass is 392 g/mol. The number of nitrogens with two attached hydrogens (primary N) is 1. The fourth-order valence-electron chi connectivity index (χ4n) is 2.85. The van der Waals surface area contributed by atoms with Gasteiger partial charge in [0, 0.05) is 18.7 Å². The van der Waals surface area contributed by atoms with Gasteiger partial charge in [-0.1, -0.05) is 36.4 Å². The Hall–Kier alpha value is -3.68. The molecule has 0 unspecified atom stereocenters. The van der Waals surface area contributed by atoms with E-state index >= 15 is 0 Å². The van der Waals surface area contributed by atoms with Crippen LogP contribution in [0, 0.1) is 6.92 Å². The molecule has 0 aliphatic carbocycles. The summed E-state index contributed by atoms with van der Waals surface area (Å²) >= 11 is 0. The van der Waals surface area contributed by atoms with E-state index in [0.29, 0.717) is 24.5 Å². The first kappa shape index (κ1) is 20.1. The largest absolute Gasteiger partial charge is 0.384 e. The number of aromatic amines is 1. The highest BCUT2D eigenvalue weighted by atomic mass is 16.2. The van der Waals surface area contributed by atoms with E-state index in [0.717, 1.165) is 22.5 Å². The maximum Gasteiger partial charge on any atom is 0.269 e. The summed E-state index contributed by atoms with van der Waals surface area (Å²) in [5, 5.41) is 12.4. The predicted molar refractivity (Wildman–Crippen MR) is 110 cm³/mol. The molecule has 2 amide bonds. The molecule has 150 valence electrons. The third-order valence-corrected chi connectivity index (χ3v) is 4.51. The van der Waals surface area contributed by atoms with E-state index in [-0.39, 0.29) is 11.8 Å². The van der Waals surface area contributed by atoms with Crippen LogP contribution >= 0.6 is 0 Å². The Morgan fingerprint density at radius 3 is 2.66 bits per heavy atom. The molecule has 0 aliphatic heterocycles. The van der Waals surface area contributed by atoms with Crippen molar-refractivity contribution in [2.75, 3.05) is 5.73 Å². The minimum atomic E-state index is -0.703. The molecule has 3 aromatic rings. The molecule has 2 heterocycles. The predicted octanol–water partition coefficient (Wildman–Crippen LogP) is 1.72. The molecular formula is C21H24N6O2. The zero-order valence-electron chi connectivity index (χ0n) is 16.4. The second-order valence-electron chi connectivity index (χ2n) is 6.83. The molecule has 0 saturated carbocycles. The summed E-state index contributed by atoms with van der Waals surface area (Å²) in [4.78, 5) is 28.9. The van der Waals surface area contributed by atoms with Crippen molar-refractivity contribution in [1.29, 1.82) is 0 Å². The van der Waals surface area contributed by atoms with Gasteiger partial charge in [0.05, 0.1) is 5.69 Å².